The second-order valence-corrected chi connectivity index (χ2v) is 4.51. The van der Waals surface area contributed by atoms with E-state index in [1.807, 2.05) is 13.8 Å². The highest BCUT2D eigenvalue weighted by atomic mass is 14.3. The fourth-order valence-corrected chi connectivity index (χ4v) is 2.04. The normalized spacial score (nSPS) is 24.2. The topological polar surface area (TPSA) is 0 Å². The first-order chi connectivity index (χ1) is 7.38. The molecule has 2 aliphatic rings. The fourth-order valence-electron chi connectivity index (χ4n) is 2.04. The molecule has 86 valence electrons. The Morgan fingerprint density at radius 2 is 1.93 bits per heavy atom. The fraction of sp³-hybridized carbons (Fsp3) is 0.733. The molecule has 0 amide bonds. The molecule has 0 spiro atoms. The maximum Gasteiger partial charge on any atom is -0.0195 e. The lowest BCUT2D eigenvalue weighted by Crippen LogP contribution is -2.00. The molecule has 0 aromatic heterocycles. The van der Waals surface area contributed by atoms with Gasteiger partial charge in [-0.25, -0.2) is 0 Å². The van der Waals surface area contributed by atoms with Gasteiger partial charge in [0.2, 0.25) is 0 Å². The van der Waals surface area contributed by atoms with Crippen LogP contribution in [0.3, 0.4) is 0 Å². The van der Waals surface area contributed by atoms with Gasteiger partial charge < -0.3 is 0 Å². The molecule has 0 radical (unpaired) electrons. The molecule has 0 nitrogen and oxygen atoms in total. The lowest BCUT2D eigenvalue weighted by molar-refractivity contribution is 0.533. The molecule has 0 saturated heterocycles. The quantitative estimate of drug-likeness (QED) is 0.599. The van der Waals surface area contributed by atoms with Gasteiger partial charge in [0.25, 0.3) is 0 Å². The zero-order valence-corrected chi connectivity index (χ0v) is 10.6. The molecule has 15 heavy (non-hydrogen) atoms. The van der Waals surface area contributed by atoms with Crippen LogP contribution in [0.2, 0.25) is 0 Å². The van der Waals surface area contributed by atoms with Crippen LogP contribution in [0.4, 0.5) is 0 Å². The molecule has 0 heterocycles. The van der Waals surface area contributed by atoms with Crippen LogP contribution in [0, 0.1) is 11.8 Å². The maximum absolute atomic E-state index is 2.43. The Morgan fingerprint density at radius 1 is 1.20 bits per heavy atom. The van der Waals surface area contributed by atoms with Gasteiger partial charge in [-0.2, -0.15) is 0 Å². The lowest BCUT2D eigenvalue weighted by Gasteiger charge is -2.15. The first kappa shape index (κ1) is 12.5. The summed E-state index contributed by atoms with van der Waals surface area (Å²) < 4.78 is 0. The second kappa shape index (κ2) is 6.87. The van der Waals surface area contributed by atoms with Crippen molar-refractivity contribution in [1.29, 1.82) is 0 Å². The van der Waals surface area contributed by atoms with Crippen LogP contribution in [0.25, 0.3) is 0 Å². The van der Waals surface area contributed by atoms with Crippen molar-refractivity contribution in [2.24, 2.45) is 11.8 Å². The summed E-state index contributed by atoms with van der Waals surface area (Å²) in [4.78, 5) is 0. The minimum atomic E-state index is 0.857. The van der Waals surface area contributed by atoms with E-state index >= 15 is 0 Å². The van der Waals surface area contributed by atoms with Gasteiger partial charge in [0.15, 0.2) is 0 Å². The van der Waals surface area contributed by atoms with Gasteiger partial charge in [-0.1, -0.05) is 57.4 Å². The van der Waals surface area contributed by atoms with E-state index in [1.54, 1.807) is 0 Å². The van der Waals surface area contributed by atoms with Gasteiger partial charge in [0.05, 0.1) is 0 Å². The van der Waals surface area contributed by atoms with Crippen LogP contribution in [0.5, 0.6) is 0 Å². The summed E-state index contributed by atoms with van der Waals surface area (Å²) in [6.07, 6.45) is 15.6. The predicted octanol–water partition coefficient (Wildman–Crippen LogP) is 5.12. The van der Waals surface area contributed by atoms with Gasteiger partial charge in [-0.05, 0) is 37.5 Å². The molecule has 1 atom stereocenters. The first-order valence-electron chi connectivity index (χ1n) is 6.75. The van der Waals surface area contributed by atoms with Crippen LogP contribution >= 0.6 is 0 Å². The van der Waals surface area contributed by atoms with Gasteiger partial charge in [0.1, 0.15) is 0 Å². The largest absolute Gasteiger partial charge is 0.0808 e. The minimum Gasteiger partial charge on any atom is -0.0808 e. The van der Waals surface area contributed by atoms with E-state index < -0.39 is 0 Å². The minimum absolute atomic E-state index is 0.857. The monoisotopic (exact) mass is 206 g/mol. The van der Waals surface area contributed by atoms with Crippen molar-refractivity contribution in [3.8, 4) is 0 Å². The summed E-state index contributed by atoms with van der Waals surface area (Å²) in [6, 6.07) is 0. The number of hydrogen-bond donors (Lipinski definition) is 0. The molecule has 0 aliphatic heterocycles. The van der Waals surface area contributed by atoms with Crippen molar-refractivity contribution in [3.05, 3.63) is 23.8 Å². The van der Waals surface area contributed by atoms with Gasteiger partial charge in [-0.3, -0.25) is 0 Å². The lowest BCUT2D eigenvalue weighted by atomic mass is 9.91. The molecule has 1 fully saturated rings. The van der Waals surface area contributed by atoms with Crippen molar-refractivity contribution in [2.45, 2.75) is 59.3 Å². The van der Waals surface area contributed by atoms with Crippen LogP contribution in [-0.4, -0.2) is 0 Å². The Labute approximate surface area is 95.5 Å². The van der Waals surface area contributed by atoms with Crippen LogP contribution in [0.1, 0.15) is 59.3 Å². The first-order valence-corrected chi connectivity index (χ1v) is 6.75. The Bertz CT molecular complexity index is 218. The smallest absolute Gasteiger partial charge is 0.0195 e. The van der Waals surface area contributed by atoms with E-state index in [-0.39, 0.29) is 0 Å². The maximum atomic E-state index is 2.43. The van der Waals surface area contributed by atoms with Crippen molar-refractivity contribution in [3.63, 3.8) is 0 Å². The number of rotatable bonds is 4. The molecule has 0 heteroatoms. The van der Waals surface area contributed by atoms with Crippen molar-refractivity contribution >= 4 is 0 Å². The molecule has 1 unspecified atom stereocenters. The third kappa shape index (κ3) is 4.68. The summed E-state index contributed by atoms with van der Waals surface area (Å²) in [7, 11) is 0. The SMILES string of the molecule is CC.CCC1=CCC(CCC2CC2)C=C1. The summed E-state index contributed by atoms with van der Waals surface area (Å²) in [5, 5.41) is 0. The Kier molecular flexibility index (Phi) is 5.75. The van der Waals surface area contributed by atoms with Crippen molar-refractivity contribution < 1.29 is 0 Å². The number of hydrogen-bond acceptors (Lipinski definition) is 0. The standard InChI is InChI=1S/C13H20.C2H6/c1-2-11-3-5-12(6-4-11)7-8-13-9-10-13;1-2/h3-5,12-13H,2,6-10H2,1H3;1-2H3. The Balaban J connectivity index is 0.000000531. The van der Waals surface area contributed by atoms with Gasteiger partial charge >= 0.3 is 0 Å². The summed E-state index contributed by atoms with van der Waals surface area (Å²) in [6.45, 7) is 6.24. The van der Waals surface area contributed by atoms with Gasteiger partial charge in [-0.15, -0.1) is 0 Å². The van der Waals surface area contributed by atoms with Crippen LogP contribution in [0.15, 0.2) is 23.8 Å². The summed E-state index contributed by atoms with van der Waals surface area (Å²) >= 11 is 0. The van der Waals surface area contributed by atoms with E-state index in [1.165, 1.54) is 44.1 Å². The van der Waals surface area contributed by atoms with E-state index in [0.29, 0.717) is 0 Å². The highest BCUT2D eigenvalue weighted by Gasteiger charge is 2.21. The Morgan fingerprint density at radius 3 is 2.40 bits per heavy atom. The second-order valence-electron chi connectivity index (χ2n) is 4.51. The van der Waals surface area contributed by atoms with E-state index in [0.717, 1.165) is 11.8 Å². The Hall–Kier alpha value is -0.520. The molecule has 0 aromatic carbocycles. The van der Waals surface area contributed by atoms with Crippen molar-refractivity contribution in [1.82, 2.24) is 0 Å². The molecule has 2 rings (SSSR count). The van der Waals surface area contributed by atoms with E-state index in [9.17, 15) is 0 Å². The molecule has 1 saturated carbocycles. The third-order valence-electron chi connectivity index (χ3n) is 3.32. The predicted molar refractivity (Wildman–Crippen MR) is 68.9 cm³/mol. The van der Waals surface area contributed by atoms with E-state index in [2.05, 4.69) is 25.2 Å². The molecule has 0 bridgehead atoms. The third-order valence-corrected chi connectivity index (χ3v) is 3.32. The number of allylic oxidation sites excluding steroid dienone is 4. The van der Waals surface area contributed by atoms with Crippen molar-refractivity contribution in [2.75, 3.05) is 0 Å². The highest BCUT2D eigenvalue weighted by Crippen LogP contribution is 2.36. The molecule has 0 aromatic rings. The average molecular weight is 206 g/mol. The highest BCUT2D eigenvalue weighted by molar-refractivity contribution is 5.23. The zero-order valence-electron chi connectivity index (χ0n) is 10.6. The molecular formula is C15H26. The van der Waals surface area contributed by atoms with E-state index in [4.69, 9.17) is 0 Å². The molecule has 0 N–H and O–H groups in total. The summed E-state index contributed by atoms with van der Waals surface area (Å²) in [5.74, 6) is 1.96. The average Bonchev–Trinajstić information content (AvgIpc) is 3.14. The van der Waals surface area contributed by atoms with Crippen LogP contribution < -0.4 is 0 Å². The van der Waals surface area contributed by atoms with Gasteiger partial charge in [0, 0.05) is 0 Å². The summed E-state index contributed by atoms with van der Waals surface area (Å²) in [5.41, 5.74) is 1.53. The van der Waals surface area contributed by atoms with Crippen LogP contribution in [-0.2, 0) is 0 Å². The molecule has 2 aliphatic carbocycles. The molecular weight excluding hydrogens is 180 g/mol. The zero-order chi connectivity index (χ0) is 11.1.